The largest absolute Gasteiger partial charge is 0.479 e. The van der Waals surface area contributed by atoms with E-state index in [-0.39, 0.29) is 5.97 Å². The molecule has 0 saturated heterocycles. The third-order valence-corrected chi connectivity index (χ3v) is 10.7. The molecule has 21 heavy (non-hydrogen) atoms. The Morgan fingerprint density at radius 1 is 1.14 bits per heavy atom. The molecule has 0 aromatic carbocycles. The zero-order chi connectivity index (χ0) is 16.5. The Balaban J connectivity index is 4.56. The van der Waals surface area contributed by atoms with Crippen molar-refractivity contribution in [2.75, 3.05) is 13.2 Å². The molecular formula is C13H30O5Si3. The number of esters is 1. The molecule has 0 N–H and O–H groups in total. The Morgan fingerprint density at radius 3 is 2.05 bits per heavy atom. The molecule has 0 aliphatic rings. The van der Waals surface area contributed by atoms with E-state index >= 15 is 0 Å². The van der Waals surface area contributed by atoms with Gasteiger partial charge in [0.25, 0.3) is 0 Å². The van der Waals surface area contributed by atoms with Crippen molar-refractivity contribution >= 4 is 32.9 Å². The van der Waals surface area contributed by atoms with Crippen molar-refractivity contribution in [1.29, 1.82) is 0 Å². The zero-order valence-corrected chi connectivity index (χ0v) is 17.5. The molecule has 0 rings (SSSR count). The molecule has 0 atom stereocenters. The minimum Gasteiger partial charge on any atom is -0.462 e. The fourth-order valence-electron chi connectivity index (χ4n) is 1.80. The minimum absolute atomic E-state index is 0.347. The van der Waals surface area contributed by atoms with Crippen LogP contribution < -0.4 is 0 Å². The van der Waals surface area contributed by atoms with Crippen LogP contribution in [-0.2, 0) is 22.2 Å². The molecule has 8 heteroatoms. The van der Waals surface area contributed by atoms with Crippen LogP contribution in [0, 0.1) is 0 Å². The van der Waals surface area contributed by atoms with Crippen molar-refractivity contribution in [3.05, 3.63) is 12.2 Å². The number of hydrogen-bond acceptors (Lipinski definition) is 5. The Bertz CT molecular complexity index is 324. The van der Waals surface area contributed by atoms with Crippen LogP contribution in [0.2, 0.25) is 32.2 Å². The van der Waals surface area contributed by atoms with Gasteiger partial charge in [0.15, 0.2) is 18.1 Å². The number of ether oxygens (including phenoxy) is 1. The van der Waals surface area contributed by atoms with E-state index in [1.165, 1.54) is 0 Å². The lowest BCUT2D eigenvalue weighted by atomic mass is 10.4. The Morgan fingerprint density at radius 2 is 1.67 bits per heavy atom. The summed E-state index contributed by atoms with van der Waals surface area (Å²) in [5.74, 6) is -0.350. The Kier molecular flexibility index (Phi) is 10.3. The molecule has 0 aliphatic heterocycles. The van der Waals surface area contributed by atoms with E-state index in [0.717, 1.165) is 0 Å². The van der Waals surface area contributed by atoms with Gasteiger partial charge in [-0.05, 0) is 46.5 Å². The van der Waals surface area contributed by atoms with Crippen molar-refractivity contribution in [1.82, 2.24) is 0 Å². The SMILES string of the molecule is C=C(C)C(=O)OCCC[Si](OCC)(O[SiH](C)C)O[SiH](C)C. The highest BCUT2D eigenvalue weighted by Gasteiger charge is 2.41. The first kappa shape index (κ1) is 20.7. The average Bonchev–Trinajstić information content (AvgIpc) is 2.32. The maximum Gasteiger partial charge on any atom is 0.479 e. The summed E-state index contributed by atoms with van der Waals surface area (Å²) in [6.45, 7) is 16.6. The van der Waals surface area contributed by atoms with Gasteiger partial charge in [0.1, 0.15) is 0 Å². The fourth-order valence-corrected chi connectivity index (χ4v) is 10.9. The third-order valence-electron chi connectivity index (χ3n) is 2.40. The van der Waals surface area contributed by atoms with Crippen LogP contribution in [0.25, 0.3) is 0 Å². The van der Waals surface area contributed by atoms with Gasteiger partial charge >= 0.3 is 14.8 Å². The summed E-state index contributed by atoms with van der Waals surface area (Å²) in [6.07, 6.45) is 0.688. The lowest BCUT2D eigenvalue weighted by molar-refractivity contribution is -0.139. The molecule has 0 radical (unpaired) electrons. The van der Waals surface area contributed by atoms with Gasteiger partial charge in [-0.2, -0.15) is 0 Å². The highest BCUT2D eigenvalue weighted by molar-refractivity contribution is 6.75. The second-order valence-corrected chi connectivity index (χ2v) is 13.7. The van der Waals surface area contributed by atoms with Crippen molar-refractivity contribution in [2.24, 2.45) is 0 Å². The first-order chi connectivity index (χ1) is 9.72. The van der Waals surface area contributed by atoms with Crippen LogP contribution in [0.4, 0.5) is 0 Å². The molecule has 0 aromatic heterocycles. The summed E-state index contributed by atoms with van der Waals surface area (Å²) >= 11 is 0. The second kappa shape index (κ2) is 10.5. The van der Waals surface area contributed by atoms with Gasteiger partial charge in [0, 0.05) is 18.2 Å². The van der Waals surface area contributed by atoms with E-state index in [2.05, 4.69) is 32.8 Å². The van der Waals surface area contributed by atoms with E-state index in [1.54, 1.807) is 6.92 Å². The van der Waals surface area contributed by atoms with Crippen LogP contribution in [0.3, 0.4) is 0 Å². The number of rotatable bonds is 11. The van der Waals surface area contributed by atoms with Gasteiger partial charge in [0.2, 0.25) is 0 Å². The van der Waals surface area contributed by atoms with Crippen molar-refractivity contribution in [2.45, 2.75) is 52.5 Å². The number of carbonyl (C=O) groups is 1. The van der Waals surface area contributed by atoms with Crippen molar-refractivity contribution < 1.29 is 22.2 Å². The molecule has 0 fully saturated rings. The lowest BCUT2D eigenvalue weighted by Gasteiger charge is -2.33. The molecule has 0 bridgehead atoms. The second-order valence-electron chi connectivity index (χ2n) is 5.47. The first-order valence-electron chi connectivity index (χ1n) is 7.54. The molecule has 124 valence electrons. The van der Waals surface area contributed by atoms with Gasteiger partial charge in [-0.15, -0.1) is 0 Å². The highest BCUT2D eigenvalue weighted by atomic mass is 28.5. The molecule has 0 saturated carbocycles. The van der Waals surface area contributed by atoms with E-state index < -0.39 is 26.9 Å². The van der Waals surface area contributed by atoms with Crippen molar-refractivity contribution in [3.8, 4) is 0 Å². The monoisotopic (exact) mass is 350 g/mol. The molecule has 0 amide bonds. The maximum absolute atomic E-state index is 11.4. The Labute approximate surface area is 133 Å². The standard InChI is InChI=1S/C13H30O5Si3/c1-8-16-21(17-19(4)5,18-20(6)7)11-9-10-15-13(14)12(2)3/h19-20H,2,8-11H2,1,3-7H3. The van der Waals surface area contributed by atoms with E-state index in [9.17, 15) is 4.79 Å². The topological polar surface area (TPSA) is 54.0 Å². The normalized spacial score (nSPS) is 12.0. The smallest absolute Gasteiger partial charge is 0.462 e. The minimum atomic E-state index is -2.61. The van der Waals surface area contributed by atoms with E-state index in [4.69, 9.17) is 17.4 Å². The number of carbonyl (C=O) groups excluding carboxylic acids is 1. The van der Waals surface area contributed by atoms with Crippen LogP contribution in [0.1, 0.15) is 20.3 Å². The molecule has 0 aliphatic carbocycles. The van der Waals surface area contributed by atoms with Gasteiger partial charge in [-0.1, -0.05) is 6.58 Å². The third kappa shape index (κ3) is 9.38. The zero-order valence-electron chi connectivity index (χ0n) is 14.2. The fraction of sp³-hybridized carbons (Fsp3) is 0.769. The van der Waals surface area contributed by atoms with Gasteiger partial charge in [-0.25, -0.2) is 4.79 Å². The molecule has 0 aromatic rings. The first-order valence-corrected chi connectivity index (χ1v) is 15.0. The predicted molar refractivity (Wildman–Crippen MR) is 92.5 cm³/mol. The summed E-state index contributed by atoms with van der Waals surface area (Å²) in [4.78, 5) is 11.4. The Hall–Kier alpha value is -0.259. The number of hydrogen-bond donors (Lipinski definition) is 0. The maximum atomic E-state index is 11.4. The van der Waals surface area contributed by atoms with Gasteiger partial charge < -0.3 is 17.4 Å². The van der Waals surface area contributed by atoms with Crippen molar-refractivity contribution in [3.63, 3.8) is 0 Å². The summed E-state index contributed by atoms with van der Waals surface area (Å²) < 4.78 is 23.3. The van der Waals surface area contributed by atoms with Crippen LogP contribution in [-0.4, -0.2) is 46.1 Å². The summed E-state index contributed by atoms with van der Waals surface area (Å²) in [5, 5.41) is 0. The van der Waals surface area contributed by atoms with Crippen LogP contribution in [0.5, 0.6) is 0 Å². The quantitative estimate of drug-likeness (QED) is 0.248. The lowest BCUT2D eigenvalue weighted by Crippen LogP contribution is -2.51. The summed E-state index contributed by atoms with van der Waals surface area (Å²) in [6, 6.07) is 0.695. The van der Waals surface area contributed by atoms with E-state index in [1.807, 2.05) is 6.92 Å². The molecule has 0 unspecified atom stereocenters. The molecule has 0 spiro atoms. The molecule has 5 nitrogen and oxygen atoms in total. The summed E-state index contributed by atoms with van der Waals surface area (Å²) in [5.41, 5.74) is 0.417. The van der Waals surface area contributed by atoms with Gasteiger partial charge in [0.05, 0.1) is 6.61 Å². The van der Waals surface area contributed by atoms with E-state index in [0.29, 0.717) is 31.3 Å². The van der Waals surface area contributed by atoms with Crippen LogP contribution >= 0.6 is 0 Å². The molecule has 0 heterocycles. The average molecular weight is 351 g/mol. The highest BCUT2D eigenvalue weighted by Crippen LogP contribution is 2.20. The summed E-state index contributed by atoms with van der Waals surface area (Å²) in [7, 11) is -5.13. The van der Waals surface area contributed by atoms with Crippen LogP contribution in [0.15, 0.2) is 12.2 Å². The predicted octanol–water partition coefficient (Wildman–Crippen LogP) is 2.47. The van der Waals surface area contributed by atoms with Gasteiger partial charge in [-0.3, -0.25) is 0 Å². The molecular weight excluding hydrogens is 320 g/mol.